The maximum Gasteiger partial charge on any atom is 0.0372 e. The van der Waals surface area contributed by atoms with E-state index in [-0.39, 0.29) is 5.54 Å². The van der Waals surface area contributed by atoms with Crippen molar-refractivity contribution >= 4 is 0 Å². The minimum Gasteiger partial charge on any atom is -0.312 e. The third-order valence-corrected chi connectivity index (χ3v) is 3.67. The summed E-state index contributed by atoms with van der Waals surface area (Å²) in [5.41, 5.74) is 2.65. The lowest BCUT2D eigenvalue weighted by Crippen LogP contribution is -2.39. The monoisotopic (exact) mass is 261 g/mol. The first kappa shape index (κ1) is 14.5. The van der Waals surface area contributed by atoms with Crippen molar-refractivity contribution in [2.75, 3.05) is 19.6 Å². The molecule has 1 aromatic heterocycles. The number of pyridine rings is 1. The molecule has 2 heterocycles. The normalized spacial score (nSPS) is 20.9. The molecule has 1 aliphatic rings. The van der Waals surface area contributed by atoms with Crippen LogP contribution in [0.2, 0.25) is 0 Å². The van der Waals surface area contributed by atoms with Crippen molar-refractivity contribution in [1.29, 1.82) is 0 Å². The summed E-state index contributed by atoms with van der Waals surface area (Å²) in [6.45, 7) is 13.3. The lowest BCUT2D eigenvalue weighted by atomic mass is 10.1. The Kier molecular flexibility index (Phi) is 4.58. The van der Waals surface area contributed by atoms with Crippen LogP contribution in [-0.4, -0.2) is 35.1 Å². The molecule has 1 saturated heterocycles. The van der Waals surface area contributed by atoms with Gasteiger partial charge in [0.15, 0.2) is 0 Å². The van der Waals surface area contributed by atoms with Gasteiger partial charge in [-0.3, -0.25) is 9.88 Å². The molecule has 0 saturated carbocycles. The SMILES string of the molecule is Cc1ccc(CN2CCC(CNC(C)(C)C)C2)cn1. The van der Waals surface area contributed by atoms with Gasteiger partial charge in [0.25, 0.3) is 0 Å². The zero-order valence-electron chi connectivity index (χ0n) is 12.7. The molecule has 1 aromatic rings. The fourth-order valence-corrected chi connectivity index (χ4v) is 2.52. The molecular formula is C16H27N3. The highest BCUT2D eigenvalue weighted by atomic mass is 15.1. The zero-order chi connectivity index (χ0) is 13.9. The van der Waals surface area contributed by atoms with Crippen LogP contribution < -0.4 is 5.32 Å². The highest BCUT2D eigenvalue weighted by Gasteiger charge is 2.23. The van der Waals surface area contributed by atoms with Gasteiger partial charge in [0.1, 0.15) is 0 Å². The van der Waals surface area contributed by atoms with Gasteiger partial charge in [0.05, 0.1) is 0 Å². The number of hydrogen-bond acceptors (Lipinski definition) is 3. The van der Waals surface area contributed by atoms with Crippen molar-refractivity contribution in [1.82, 2.24) is 15.2 Å². The molecule has 19 heavy (non-hydrogen) atoms. The summed E-state index contributed by atoms with van der Waals surface area (Å²) in [5.74, 6) is 0.789. The Hall–Kier alpha value is -0.930. The Labute approximate surface area is 117 Å². The van der Waals surface area contributed by atoms with E-state index >= 15 is 0 Å². The van der Waals surface area contributed by atoms with E-state index in [4.69, 9.17) is 0 Å². The van der Waals surface area contributed by atoms with Crippen LogP contribution in [-0.2, 0) is 6.54 Å². The molecule has 1 fully saturated rings. The summed E-state index contributed by atoms with van der Waals surface area (Å²) in [7, 11) is 0. The summed E-state index contributed by atoms with van der Waals surface area (Å²) in [6, 6.07) is 4.30. The molecule has 0 bridgehead atoms. The van der Waals surface area contributed by atoms with Crippen LogP contribution in [0.4, 0.5) is 0 Å². The molecule has 1 atom stereocenters. The highest BCUT2D eigenvalue weighted by molar-refractivity contribution is 5.13. The molecule has 3 nitrogen and oxygen atoms in total. The van der Waals surface area contributed by atoms with E-state index in [0.29, 0.717) is 0 Å². The van der Waals surface area contributed by atoms with E-state index in [1.165, 1.54) is 25.1 Å². The first-order valence-corrected chi connectivity index (χ1v) is 7.31. The second-order valence-corrected chi connectivity index (χ2v) is 6.83. The topological polar surface area (TPSA) is 28.2 Å². The quantitative estimate of drug-likeness (QED) is 0.903. The summed E-state index contributed by atoms with van der Waals surface area (Å²) in [5, 5.41) is 3.62. The Morgan fingerprint density at radius 1 is 1.37 bits per heavy atom. The fourth-order valence-electron chi connectivity index (χ4n) is 2.52. The number of nitrogens with zero attached hydrogens (tertiary/aromatic N) is 2. The minimum atomic E-state index is 0.230. The molecule has 0 spiro atoms. The second-order valence-electron chi connectivity index (χ2n) is 6.83. The van der Waals surface area contributed by atoms with E-state index in [1.54, 1.807) is 0 Å². The summed E-state index contributed by atoms with van der Waals surface area (Å²) in [4.78, 5) is 6.91. The van der Waals surface area contributed by atoms with Crippen molar-refractivity contribution in [3.8, 4) is 0 Å². The molecule has 0 aromatic carbocycles. The van der Waals surface area contributed by atoms with Crippen molar-refractivity contribution in [3.63, 3.8) is 0 Å². The van der Waals surface area contributed by atoms with E-state index in [9.17, 15) is 0 Å². The molecule has 2 rings (SSSR count). The van der Waals surface area contributed by atoms with E-state index in [1.807, 2.05) is 13.1 Å². The third kappa shape index (κ3) is 4.92. The van der Waals surface area contributed by atoms with E-state index < -0.39 is 0 Å². The zero-order valence-corrected chi connectivity index (χ0v) is 12.7. The predicted octanol–water partition coefficient (Wildman–Crippen LogP) is 2.60. The van der Waals surface area contributed by atoms with Gasteiger partial charge >= 0.3 is 0 Å². The van der Waals surface area contributed by atoms with Crippen molar-refractivity contribution < 1.29 is 0 Å². The average molecular weight is 261 g/mol. The Bertz CT molecular complexity index is 391. The van der Waals surface area contributed by atoms with E-state index in [0.717, 1.165) is 24.7 Å². The Morgan fingerprint density at radius 2 is 2.16 bits per heavy atom. The van der Waals surface area contributed by atoms with Gasteiger partial charge in [-0.05, 0) is 64.8 Å². The molecule has 1 aliphatic heterocycles. The number of aryl methyl sites for hydroxylation is 1. The van der Waals surface area contributed by atoms with Crippen LogP contribution in [0.25, 0.3) is 0 Å². The smallest absolute Gasteiger partial charge is 0.0372 e. The standard InChI is InChI=1S/C16H27N3/c1-13-5-6-14(9-17-13)11-19-8-7-15(12-19)10-18-16(2,3)4/h5-6,9,15,18H,7-8,10-12H2,1-4H3. The van der Waals surface area contributed by atoms with Gasteiger partial charge in [0, 0.05) is 30.5 Å². The summed E-state index contributed by atoms with van der Waals surface area (Å²) < 4.78 is 0. The van der Waals surface area contributed by atoms with Gasteiger partial charge in [-0.2, -0.15) is 0 Å². The molecule has 1 N–H and O–H groups in total. The molecule has 0 radical (unpaired) electrons. The van der Waals surface area contributed by atoms with Crippen LogP contribution in [0.3, 0.4) is 0 Å². The van der Waals surface area contributed by atoms with Gasteiger partial charge in [-0.15, -0.1) is 0 Å². The summed E-state index contributed by atoms with van der Waals surface area (Å²) in [6.07, 6.45) is 3.32. The minimum absolute atomic E-state index is 0.230. The predicted molar refractivity (Wildman–Crippen MR) is 80.1 cm³/mol. The fraction of sp³-hybridized carbons (Fsp3) is 0.688. The van der Waals surface area contributed by atoms with Gasteiger partial charge in [-0.1, -0.05) is 6.07 Å². The Morgan fingerprint density at radius 3 is 2.79 bits per heavy atom. The molecule has 0 amide bonds. The van der Waals surface area contributed by atoms with Crippen LogP contribution in [0.15, 0.2) is 18.3 Å². The first-order chi connectivity index (χ1) is 8.92. The van der Waals surface area contributed by atoms with Crippen LogP contribution in [0, 0.1) is 12.8 Å². The highest BCUT2D eigenvalue weighted by Crippen LogP contribution is 2.18. The number of aromatic nitrogens is 1. The van der Waals surface area contributed by atoms with Gasteiger partial charge < -0.3 is 5.32 Å². The largest absolute Gasteiger partial charge is 0.312 e. The molecule has 3 heteroatoms. The second kappa shape index (κ2) is 6.02. The van der Waals surface area contributed by atoms with E-state index in [2.05, 4.69) is 48.1 Å². The summed E-state index contributed by atoms with van der Waals surface area (Å²) >= 11 is 0. The average Bonchev–Trinajstić information content (AvgIpc) is 2.77. The third-order valence-electron chi connectivity index (χ3n) is 3.67. The number of rotatable bonds is 4. The van der Waals surface area contributed by atoms with Crippen LogP contribution in [0.5, 0.6) is 0 Å². The maximum atomic E-state index is 4.37. The van der Waals surface area contributed by atoms with Gasteiger partial charge in [0.2, 0.25) is 0 Å². The molecular weight excluding hydrogens is 234 g/mol. The van der Waals surface area contributed by atoms with Crippen LogP contribution >= 0.6 is 0 Å². The number of hydrogen-bond donors (Lipinski definition) is 1. The molecule has 1 unspecified atom stereocenters. The lowest BCUT2D eigenvalue weighted by molar-refractivity contribution is 0.305. The lowest BCUT2D eigenvalue weighted by Gasteiger charge is -2.23. The van der Waals surface area contributed by atoms with Crippen molar-refractivity contribution in [3.05, 3.63) is 29.6 Å². The first-order valence-electron chi connectivity index (χ1n) is 7.31. The number of nitrogens with one attached hydrogen (secondary N) is 1. The van der Waals surface area contributed by atoms with Gasteiger partial charge in [-0.25, -0.2) is 0 Å². The Balaban J connectivity index is 1.77. The van der Waals surface area contributed by atoms with Crippen molar-refractivity contribution in [2.45, 2.75) is 46.2 Å². The molecule has 106 valence electrons. The van der Waals surface area contributed by atoms with Crippen molar-refractivity contribution in [2.24, 2.45) is 5.92 Å². The number of likely N-dealkylation sites (tertiary alicyclic amines) is 1. The maximum absolute atomic E-state index is 4.37. The molecule has 0 aliphatic carbocycles. The van der Waals surface area contributed by atoms with Crippen LogP contribution in [0.1, 0.15) is 38.4 Å².